The molecule has 0 saturated carbocycles. The van der Waals surface area contributed by atoms with E-state index in [9.17, 15) is 19.8 Å². The topological polar surface area (TPSA) is 99.5 Å². The lowest BCUT2D eigenvalue weighted by molar-refractivity contribution is -0.150. The molecular weight excluding hydrogens is 628 g/mol. The van der Waals surface area contributed by atoms with Crippen molar-refractivity contribution >= 4 is 11.9 Å². The number of hydrogen-bond acceptors (Lipinski definition) is 8. The highest BCUT2D eigenvalue weighted by Gasteiger charge is 2.16. The molecule has 0 aromatic carbocycles. The average molecular weight is 713 g/mol. The molecule has 0 fully saturated rings. The van der Waals surface area contributed by atoms with Gasteiger partial charge in [-0.25, -0.2) is 0 Å². The molecule has 0 aliphatic heterocycles. The van der Waals surface area contributed by atoms with Crippen LogP contribution in [0.3, 0.4) is 0 Å². The summed E-state index contributed by atoms with van der Waals surface area (Å²) in [7, 11) is 0. The summed E-state index contributed by atoms with van der Waals surface area (Å²) in [5.41, 5.74) is 0. The second-order valence-electron chi connectivity index (χ2n) is 14.6. The molecule has 50 heavy (non-hydrogen) atoms. The third-order valence-corrected chi connectivity index (χ3v) is 9.81. The highest BCUT2D eigenvalue weighted by molar-refractivity contribution is 5.69. The Hall–Kier alpha value is -1.22. The number of hydrogen-bond donors (Lipinski definition) is 2. The molecule has 0 atom stereocenters. The molecule has 2 N–H and O–H groups in total. The van der Waals surface area contributed by atoms with Gasteiger partial charge in [-0.3, -0.25) is 9.59 Å². The maximum Gasteiger partial charge on any atom is 0.306 e. The average Bonchev–Trinajstić information content (AvgIpc) is 3.10. The van der Waals surface area contributed by atoms with Crippen LogP contribution in [0.25, 0.3) is 0 Å². The molecule has 0 unspecified atom stereocenters. The second kappa shape index (κ2) is 39.0. The molecule has 0 rings (SSSR count). The molecular formula is C42H84N2O6. The third kappa shape index (κ3) is 33.9. The van der Waals surface area contributed by atoms with Crippen molar-refractivity contribution < 1.29 is 29.3 Å². The van der Waals surface area contributed by atoms with E-state index in [-0.39, 0.29) is 31.3 Å². The van der Waals surface area contributed by atoms with Crippen LogP contribution in [0.15, 0.2) is 0 Å². The Morgan fingerprint density at radius 1 is 0.460 bits per heavy atom. The van der Waals surface area contributed by atoms with E-state index < -0.39 is 0 Å². The van der Waals surface area contributed by atoms with Crippen LogP contribution in [0.2, 0.25) is 0 Å². The Balaban J connectivity index is 4.38. The molecule has 8 heteroatoms. The normalized spacial score (nSPS) is 11.7. The van der Waals surface area contributed by atoms with E-state index in [1.54, 1.807) is 0 Å². The zero-order valence-corrected chi connectivity index (χ0v) is 33.5. The number of aliphatic hydroxyl groups is 2. The van der Waals surface area contributed by atoms with Crippen LogP contribution < -0.4 is 0 Å². The third-order valence-electron chi connectivity index (χ3n) is 9.81. The van der Waals surface area contributed by atoms with E-state index >= 15 is 0 Å². The van der Waals surface area contributed by atoms with E-state index in [4.69, 9.17) is 9.47 Å². The number of esters is 2. The predicted molar refractivity (Wildman–Crippen MR) is 210 cm³/mol. The summed E-state index contributed by atoms with van der Waals surface area (Å²) in [4.78, 5) is 29.5. The first-order valence-corrected chi connectivity index (χ1v) is 21.5. The van der Waals surface area contributed by atoms with Crippen LogP contribution in [-0.2, 0) is 19.1 Å². The van der Waals surface area contributed by atoms with Gasteiger partial charge in [-0.1, -0.05) is 130 Å². The van der Waals surface area contributed by atoms with Gasteiger partial charge in [0, 0.05) is 25.9 Å². The first kappa shape index (κ1) is 48.8. The van der Waals surface area contributed by atoms with E-state index in [0.29, 0.717) is 32.5 Å². The molecule has 0 saturated heterocycles. The summed E-state index contributed by atoms with van der Waals surface area (Å²) >= 11 is 0. The molecule has 0 heterocycles. The minimum atomic E-state index is -0.124. The van der Waals surface area contributed by atoms with Gasteiger partial charge >= 0.3 is 11.9 Å². The molecule has 0 amide bonds. The fraction of sp³-hybridized carbons (Fsp3) is 0.952. The lowest BCUT2D eigenvalue weighted by Gasteiger charge is -2.25. The zero-order chi connectivity index (χ0) is 36.8. The Morgan fingerprint density at radius 3 is 1.28 bits per heavy atom. The fourth-order valence-electron chi connectivity index (χ4n) is 6.67. The van der Waals surface area contributed by atoms with Gasteiger partial charge in [0.15, 0.2) is 0 Å². The van der Waals surface area contributed by atoms with Crippen LogP contribution in [0.5, 0.6) is 0 Å². The number of carbonyl (C=O) groups is 2. The van der Waals surface area contributed by atoms with Crippen LogP contribution in [0, 0.1) is 0 Å². The lowest BCUT2D eigenvalue weighted by Crippen LogP contribution is -2.34. The number of aliphatic hydroxyl groups excluding tert-OH is 2. The van der Waals surface area contributed by atoms with Crippen molar-refractivity contribution in [1.29, 1.82) is 0 Å². The first-order chi connectivity index (χ1) is 24.5. The molecule has 0 bridgehead atoms. The van der Waals surface area contributed by atoms with Crippen molar-refractivity contribution in [1.82, 2.24) is 9.80 Å². The SMILES string of the molecule is CCCCCCCCCCOC(=O)CCCN(CCO)CCCN(CCO)CCCC(=O)OC(CCCCCCCC)CCCCCCCC. The van der Waals surface area contributed by atoms with Crippen LogP contribution >= 0.6 is 0 Å². The number of rotatable bonds is 40. The molecule has 0 radical (unpaired) electrons. The van der Waals surface area contributed by atoms with E-state index in [1.165, 1.54) is 103 Å². The Bertz CT molecular complexity index is 708. The van der Waals surface area contributed by atoms with Crippen LogP contribution in [-0.4, -0.2) is 97.1 Å². The van der Waals surface area contributed by atoms with Gasteiger partial charge in [0.25, 0.3) is 0 Å². The Morgan fingerprint density at radius 2 is 0.840 bits per heavy atom. The van der Waals surface area contributed by atoms with E-state index in [2.05, 4.69) is 30.6 Å². The smallest absolute Gasteiger partial charge is 0.306 e. The van der Waals surface area contributed by atoms with Gasteiger partial charge in [-0.15, -0.1) is 0 Å². The predicted octanol–water partition coefficient (Wildman–Crippen LogP) is 9.62. The summed E-state index contributed by atoms with van der Waals surface area (Å²) in [6.07, 6.45) is 30.0. The molecule has 0 aliphatic carbocycles. The largest absolute Gasteiger partial charge is 0.466 e. The number of ether oxygens (including phenoxy) is 2. The van der Waals surface area contributed by atoms with Crippen molar-refractivity contribution in [2.24, 2.45) is 0 Å². The van der Waals surface area contributed by atoms with Crippen molar-refractivity contribution in [3.63, 3.8) is 0 Å². The minimum absolute atomic E-state index is 0.0441. The number of unbranched alkanes of at least 4 members (excludes halogenated alkanes) is 17. The van der Waals surface area contributed by atoms with Gasteiger partial charge in [0.1, 0.15) is 6.10 Å². The number of carbonyl (C=O) groups excluding carboxylic acids is 2. The standard InChI is InChI=1S/C42H84N2O6/c1-4-7-10-13-16-17-20-23-39-49-41(47)29-24-31-43(35-37-45)33-26-34-44(36-38-46)32-25-30-42(48)50-40(27-21-18-14-11-8-5-2)28-22-19-15-12-9-6-3/h40,45-46H,4-39H2,1-3H3. The summed E-state index contributed by atoms with van der Waals surface area (Å²) in [6, 6.07) is 0. The van der Waals surface area contributed by atoms with Crippen molar-refractivity contribution in [2.75, 3.05) is 59.1 Å². The summed E-state index contributed by atoms with van der Waals surface area (Å²) in [6.45, 7) is 11.7. The van der Waals surface area contributed by atoms with Gasteiger partial charge < -0.3 is 29.5 Å². The second-order valence-corrected chi connectivity index (χ2v) is 14.6. The van der Waals surface area contributed by atoms with E-state index in [0.717, 1.165) is 84.0 Å². The lowest BCUT2D eigenvalue weighted by atomic mass is 10.0. The van der Waals surface area contributed by atoms with Crippen LogP contribution in [0.4, 0.5) is 0 Å². The monoisotopic (exact) mass is 713 g/mol. The summed E-state index contributed by atoms with van der Waals surface area (Å²) in [5.74, 6) is -0.206. The van der Waals surface area contributed by atoms with Crippen molar-refractivity contribution in [3.05, 3.63) is 0 Å². The molecule has 0 aromatic rings. The maximum atomic E-state index is 12.9. The fourth-order valence-corrected chi connectivity index (χ4v) is 6.67. The Labute approximate surface area is 309 Å². The summed E-state index contributed by atoms with van der Waals surface area (Å²) < 4.78 is 11.5. The maximum absolute atomic E-state index is 12.9. The van der Waals surface area contributed by atoms with Gasteiger partial charge in [-0.2, -0.15) is 0 Å². The quantitative estimate of drug-likeness (QED) is 0.0479. The molecule has 0 aromatic heterocycles. The van der Waals surface area contributed by atoms with Crippen molar-refractivity contribution in [2.45, 2.75) is 200 Å². The van der Waals surface area contributed by atoms with Gasteiger partial charge in [0.2, 0.25) is 0 Å². The zero-order valence-electron chi connectivity index (χ0n) is 33.5. The van der Waals surface area contributed by atoms with Gasteiger partial charge in [0.05, 0.1) is 19.8 Å². The minimum Gasteiger partial charge on any atom is -0.466 e. The van der Waals surface area contributed by atoms with Crippen LogP contribution in [0.1, 0.15) is 194 Å². The highest BCUT2D eigenvalue weighted by atomic mass is 16.5. The number of nitrogens with zero attached hydrogens (tertiary/aromatic N) is 2. The Kier molecular flexibility index (Phi) is 38.0. The summed E-state index contributed by atoms with van der Waals surface area (Å²) in [5, 5.41) is 19.2. The first-order valence-electron chi connectivity index (χ1n) is 21.5. The molecule has 298 valence electrons. The molecule has 0 aliphatic rings. The molecule has 8 nitrogen and oxygen atoms in total. The van der Waals surface area contributed by atoms with Crippen molar-refractivity contribution in [3.8, 4) is 0 Å². The van der Waals surface area contributed by atoms with Gasteiger partial charge in [-0.05, 0) is 77.5 Å². The van der Waals surface area contributed by atoms with E-state index in [1.807, 2.05) is 0 Å². The highest BCUT2D eigenvalue weighted by Crippen LogP contribution is 2.18. The molecule has 0 spiro atoms.